The second-order valence-electron chi connectivity index (χ2n) is 7.68. The summed E-state index contributed by atoms with van der Waals surface area (Å²) in [4.78, 5) is 18.7. The molecule has 1 aliphatic rings. The van der Waals surface area contributed by atoms with Crippen molar-refractivity contribution in [3.8, 4) is 0 Å². The van der Waals surface area contributed by atoms with E-state index in [1.165, 1.54) is 17.2 Å². The van der Waals surface area contributed by atoms with Crippen LogP contribution >= 0.6 is 0 Å². The summed E-state index contributed by atoms with van der Waals surface area (Å²) in [5.41, 5.74) is 4.55. The van der Waals surface area contributed by atoms with Crippen molar-refractivity contribution in [3.05, 3.63) is 65.0 Å². The predicted molar refractivity (Wildman–Crippen MR) is 104 cm³/mol. The number of hydrogen-bond acceptors (Lipinski definition) is 2. The molecule has 0 atom stereocenters. The Morgan fingerprint density at radius 1 is 1.11 bits per heavy atom. The van der Waals surface area contributed by atoms with Crippen LogP contribution in [-0.2, 0) is 6.54 Å². The highest BCUT2D eigenvalue weighted by molar-refractivity contribution is 5.94. The maximum Gasteiger partial charge on any atom is 0.256 e. The van der Waals surface area contributed by atoms with Gasteiger partial charge in [0.25, 0.3) is 5.91 Å². The van der Waals surface area contributed by atoms with Crippen molar-refractivity contribution in [2.75, 3.05) is 13.1 Å². The first-order chi connectivity index (χ1) is 13.4. The Hall–Kier alpha value is -2.76. The minimum absolute atomic E-state index is 0.0636. The summed E-state index contributed by atoms with van der Waals surface area (Å²) in [6, 6.07) is 7.39. The van der Waals surface area contributed by atoms with Crippen molar-refractivity contribution in [1.82, 2.24) is 14.5 Å². The first-order valence-corrected chi connectivity index (χ1v) is 9.59. The number of aryl methyl sites for hydroxylation is 2. The third kappa shape index (κ3) is 3.51. The summed E-state index contributed by atoms with van der Waals surface area (Å²) in [7, 11) is 0. The molecule has 0 spiro atoms. The zero-order valence-corrected chi connectivity index (χ0v) is 16.1. The van der Waals surface area contributed by atoms with E-state index in [9.17, 15) is 13.6 Å². The summed E-state index contributed by atoms with van der Waals surface area (Å²) >= 11 is 0. The highest BCUT2D eigenvalue weighted by atomic mass is 19.1. The molecule has 4 rings (SSSR count). The van der Waals surface area contributed by atoms with Gasteiger partial charge in [0.05, 0.1) is 22.9 Å². The predicted octanol–water partition coefficient (Wildman–Crippen LogP) is 4.48. The highest BCUT2D eigenvalue weighted by Gasteiger charge is 2.26. The Balaban J connectivity index is 1.42. The lowest BCUT2D eigenvalue weighted by atomic mass is 9.96. The quantitative estimate of drug-likeness (QED) is 0.669. The van der Waals surface area contributed by atoms with Crippen LogP contribution in [0, 0.1) is 31.4 Å². The number of halogens is 2. The normalized spacial score (nSPS) is 15.4. The molecule has 0 aliphatic carbocycles. The largest absolute Gasteiger partial charge is 0.339 e. The van der Waals surface area contributed by atoms with Gasteiger partial charge in [-0.2, -0.15) is 0 Å². The first-order valence-electron chi connectivity index (χ1n) is 9.59. The van der Waals surface area contributed by atoms with Crippen LogP contribution in [0.3, 0.4) is 0 Å². The number of likely N-dealkylation sites (tertiary alicyclic amines) is 1. The van der Waals surface area contributed by atoms with Crippen LogP contribution < -0.4 is 0 Å². The molecule has 6 heteroatoms. The summed E-state index contributed by atoms with van der Waals surface area (Å²) < 4.78 is 29.2. The molecule has 1 aromatic heterocycles. The lowest BCUT2D eigenvalue weighted by Crippen LogP contribution is -2.39. The third-order valence-electron chi connectivity index (χ3n) is 5.75. The molecule has 2 heterocycles. The molecule has 146 valence electrons. The number of benzene rings is 2. The summed E-state index contributed by atoms with van der Waals surface area (Å²) in [5, 5.41) is 0. The molecule has 1 fully saturated rings. The zero-order chi connectivity index (χ0) is 19.8. The van der Waals surface area contributed by atoms with Gasteiger partial charge in [0, 0.05) is 25.7 Å². The zero-order valence-electron chi connectivity index (χ0n) is 16.1. The molecular weight excluding hydrogens is 360 g/mol. The van der Waals surface area contributed by atoms with E-state index in [1.807, 2.05) is 6.33 Å². The maximum absolute atomic E-state index is 13.9. The highest BCUT2D eigenvalue weighted by Crippen LogP contribution is 2.25. The smallest absolute Gasteiger partial charge is 0.256 e. The molecule has 0 N–H and O–H groups in total. The molecule has 0 saturated carbocycles. The van der Waals surface area contributed by atoms with Crippen molar-refractivity contribution < 1.29 is 13.6 Å². The molecule has 1 saturated heterocycles. The lowest BCUT2D eigenvalue weighted by Gasteiger charge is -2.32. The van der Waals surface area contributed by atoms with Gasteiger partial charge in [0.1, 0.15) is 11.6 Å². The van der Waals surface area contributed by atoms with Gasteiger partial charge in [-0.05, 0) is 68.0 Å². The second-order valence-corrected chi connectivity index (χ2v) is 7.68. The average molecular weight is 383 g/mol. The Morgan fingerprint density at radius 2 is 1.82 bits per heavy atom. The number of carbonyl (C=O) groups is 1. The van der Waals surface area contributed by atoms with E-state index in [-0.39, 0.29) is 11.5 Å². The van der Waals surface area contributed by atoms with E-state index in [0.29, 0.717) is 19.0 Å². The van der Waals surface area contributed by atoms with Gasteiger partial charge in [-0.15, -0.1) is 0 Å². The Morgan fingerprint density at radius 3 is 2.54 bits per heavy atom. The molecule has 0 bridgehead atoms. The van der Waals surface area contributed by atoms with Gasteiger partial charge < -0.3 is 9.47 Å². The number of piperidine rings is 1. The molecule has 4 nitrogen and oxygen atoms in total. The third-order valence-corrected chi connectivity index (χ3v) is 5.75. The first kappa shape index (κ1) is 18.6. The maximum atomic E-state index is 13.9. The van der Waals surface area contributed by atoms with Crippen LogP contribution in [0.5, 0.6) is 0 Å². The van der Waals surface area contributed by atoms with Gasteiger partial charge in [0.2, 0.25) is 0 Å². The van der Waals surface area contributed by atoms with Crippen molar-refractivity contribution in [1.29, 1.82) is 0 Å². The van der Waals surface area contributed by atoms with E-state index >= 15 is 0 Å². The van der Waals surface area contributed by atoms with Crippen LogP contribution in [0.4, 0.5) is 8.78 Å². The Kier molecular flexibility index (Phi) is 4.87. The standard InChI is InChI=1S/C22H23F2N3O/c1-14-9-20-21(10-15(14)2)27(13-25-20)12-16-5-7-26(8-6-16)22(28)18-4-3-17(23)11-19(18)24/h3-4,9-11,13,16H,5-8,12H2,1-2H3. The van der Waals surface area contributed by atoms with E-state index in [1.54, 1.807) is 4.90 Å². The molecule has 28 heavy (non-hydrogen) atoms. The van der Waals surface area contributed by atoms with Crippen LogP contribution in [0.25, 0.3) is 11.0 Å². The summed E-state index contributed by atoms with van der Waals surface area (Å²) in [6.45, 7) is 6.19. The SMILES string of the molecule is Cc1cc2ncn(CC3CCN(C(=O)c4ccc(F)cc4F)CC3)c2cc1C. The molecule has 2 aromatic carbocycles. The number of nitrogens with zero attached hydrogens (tertiary/aromatic N) is 3. The van der Waals surface area contributed by atoms with Gasteiger partial charge in [-0.1, -0.05) is 0 Å². The van der Waals surface area contributed by atoms with Gasteiger partial charge in [-0.25, -0.2) is 13.8 Å². The van der Waals surface area contributed by atoms with Crippen molar-refractivity contribution in [3.63, 3.8) is 0 Å². The number of hydrogen-bond donors (Lipinski definition) is 0. The number of imidazole rings is 1. The summed E-state index contributed by atoms with van der Waals surface area (Å²) in [5.74, 6) is -1.41. The van der Waals surface area contributed by atoms with Crippen molar-refractivity contribution in [2.24, 2.45) is 5.92 Å². The second kappa shape index (κ2) is 7.34. The van der Waals surface area contributed by atoms with Crippen LogP contribution in [-0.4, -0.2) is 33.4 Å². The Labute approximate surface area is 162 Å². The number of fused-ring (bicyclic) bond motifs is 1. The number of amides is 1. The fourth-order valence-electron chi connectivity index (χ4n) is 3.89. The van der Waals surface area contributed by atoms with Crippen molar-refractivity contribution >= 4 is 16.9 Å². The van der Waals surface area contributed by atoms with Crippen LogP contribution in [0.15, 0.2) is 36.7 Å². The summed E-state index contributed by atoms with van der Waals surface area (Å²) in [6.07, 6.45) is 3.58. The van der Waals surface area contributed by atoms with Crippen LogP contribution in [0.2, 0.25) is 0 Å². The van der Waals surface area contributed by atoms with Gasteiger partial charge in [0.15, 0.2) is 0 Å². The van der Waals surface area contributed by atoms with Gasteiger partial charge in [-0.3, -0.25) is 4.79 Å². The van der Waals surface area contributed by atoms with Crippen LogP contribution in [0.1, 0.15) is 34.3 Å². The molecule has 1 amide bonds. The van der Waals surface area contributed by atoms with E-state index in [2.05, 4.69) is 35.5 Å². The lowest BCUT2D eigenvalue weighted by molar-refractivity contribution is 0.0678. The molecule has 0 radical (unpaired) electrons. The topological polar surface area (TPSA) is 38.1 Å². The number of carbonyl (C=O) groups excluding carboxylic acids is 1. The fourth-order valence-corrected chi connectivity index (χ4v) is 3.89. The van der Waals surface area contributed by atoms with E-state index < -0.39 is 11.6 Å². The van der Waals surface area contributed by atoms with E-state index in [4.69, 9.17) is 0 Å². The fraction of sp³-hybridized carbons (Fsp3) is 0.364. The monoisotopic (exact) mass is 383 g/mol. The molecule has 1 aliphatic heterocycles. The number of aromatic nitrogens is 2. The molecular formula is C22H23F2N3O. The number of rotatable bonds is 3. The minimum Gasteiger partial charge on any atom is -0.339 e. The molecule has 0 unspecified atom stereocenters. The minimum atomic E-state index is -0.803. The van der Waals surface area contributed by atoms with Crippen molar-refractivity contribution in [2.45, 2.75) is 33.2 Å². The van der Waals surface area contributed by atoms with E-state index in [0.717, 1.165) is 42.6 Å². The Bertz CT molecular complexity index is 1040. The molecule has 3 aromatic rings. The average Bonchev–Trinajstić information content (AvgIpc) is 3.04. The van der Waals surface area contributed by atoms with Gasteiger partial charge >= 0.3 is 0 Å².